The van der Waals surface area contributed by atoms with Crippen molar-refractivity contribution in [2.24, 2.45) is 5.73 Å². The summed E-state index contributed by atoms with van der Waals surface area (Å²) in [5.74, 6) is -0.457. The predicted molar refractivity (Wildman–Crippen MR) is 47.8 cm³/mol. The SMILES string of the molecule is B[C@@H]1C[C@H](OC(=O)CN)[C@H](CO)O1. The Bertz CT molecular complexity index is 189. The molecule has 6 heteroatoms. The molecule has 13 heavy (non-hydrogen) atoms. The van der Waals surface area contributed by atoms with Crippen molar-refractivity contribution in [2.45, 2.75) is 24.6 Å². The summed E-state index contributed by atoms with van der Waals surface area (Å²) < 4.78 is 10.3. The largest absolute Gasteiger partial charge is 0.458 e. The van der Waals surface area contributed by atoms with Gasteiger partial charge in [-0.1, -0.05) is 0 Å². The highest BCUT2D eigenvalue weighted by Crippen LogP contribution is 2.21. The molecule has 0 spiro atoms. The van der Waals surface area contributed by atoms with E-state index in [1.165, 1.54) is 0 Å². The van der Waals surface area contributed by atoms with Crippen LogP contribution in [0, 0.1) is 0 Å². The monoisotopic (exact) mass is 187 g/mol. The van der Waals surface area contributed by atoms with Gasteiger partial charge in [-0.25, -0.2) is 0 Å². The Morgan fingerprint density at radius 3 is 3.00 bits per heavy atom. The van der Waals surface area contributed by atoms with E-state index in [9.17, 15) is 4.79 Å². The third-order valence-corrected chi connectivity index (χ3v) is 2.02. The maximum atomic E-state index is 10.9. The molecule has 3 atom stereocenters. The second-order valence-corrected chi connectivity index (χ2v) is 3.14. The highest BCUT2D eigenvalue weighted by atomic mass is 16.6. The summed E-state index contributed by atoms with van der Waals surface area (Å²) in [5.41, 5.74) is 5.09. The Morgan fingerprint density at radius 1 is 1.77 bits per heavy atom. The minimum absolute atomic E-state index is 0.0210. The number of carbonyl (C=O) groups excluding carboxylic acids is 1. The molecule has 0 saturated carbocycles. The summed E-state index contributed by atoms with van der Waals surface area (Å²) in [6.45, 7) is -0.268. The van der Waals surface area contributed by atoms with E-state index in [-0.39, 0.29) is 25.3 Å². The molecular weight excluding hydrogens is 173 g/mol. The Hall–Kier alpha value is -0.585. The van der Waals surface area contributed by atoms with Crippen LogP contribution in [0.15, 0.2) is 0 Å². The summed E-state index contributed by atoms with van der Waals surface area (Å²) in [6, 6.07) is 0.0210. The van der Waals surface area contributed by atoms with Gasteiger partial charge in [0.2, 0.25) is 0 Å². The third-order valence-electron chi connectivity index (χ3n) is 2.02. The van der Waals surface area contributed by atoms with E-state index in [0.717, 1.165) is 0 Å². The molecule has 0 unspecified atom stereocenters. The zero-order chi connectivity index (χ0) is 9.84. The Balaban J connectivity index is 2.43. The van der Waals surface area contributed by atoms with Gasteiger partial charge in [-0.2, -0.15) is 0 Å². The average molecular weight is 187 g/mol. The molecule has 0 radical (unpaired) electrons. The van der Waals surface area contributed by atoms with Gasteiger partial charge in [0.25, 0.3) is 0 Å². The standard InChI is InChI=1S/C7H14BNO4/c8-6-1-4(5(3-10)12-6)13-7(11)2-9/h4-6,10H,1-3,8-9H2/t4-,5-,6-/m0/s1. The van der Waals surface area contributed by atoms with Gasteiger partial charge in [-0.3, -0.25) is 4.79 Å². The van der Waals surface area contributed by atoms with Crippen LogP contribution in [0.5, 0.6) is 0 Å². The van der Waals surface area contributed by atoms with Gasteiger partial charge in [-0.15, -0.1) is 0 Å². The smallest absolute Gasteiger partial charge is 0.320 e. The summed E-state index contributed by atoms with van der Waals surface area (Å²) >= 11 is 0. The van der Waals surface area contributed by atoms with Gasteiger partial charge in [0.05, 0.1) is 13.2 Å². The van der Waals surface area contributed by atoms with Crippen molar-refractivity contribution >= 4 is 13.8 Å². The van der Waals surface area contributed by atoms with Gasteiger partial charge in [0.15, 0.2) is 0 Å². The van der Waals surface area contributed by atoms with Crippen LogP contribution in [0.4, 0.5) is 0 Å². The van der Waals surface area contributed by atoms with Gasteiger partial charge < -0.3 is 20.3 Å². The zero-order valence-corrected chi connectivity index (χ0v) is 7.60. The molecular formula is C7H14BNO4. The number of nitrogens with two attached hydrogens (primary N) is 1. The molecule has 3 N–H and O–H groups in total. The molecule has 1 rings (SSSR count). The van der Waals surface area contributed by atoms with E-state index in [2.05, 4.69) is 0 Å². The van der Waals surface area contributed by atoms with Crippen molar-refractivity contribution in [3.05, 3.63) is 0 Å². The van der Waals surface area contributed by atoms with Crippen LogP contribution in [0.1, 0.15) is 6.42 Å². The summed E-state index contributed by atoms with van der Waals surface area (Å²) in [5, 5.41) is 8.89. The molecule has 0 amide bonds. The lowest BCUT2D eigenvalue weighted by atomic mass is 9.96. The van der Waals surface area contributed by atoms with Crippen LogP contribution >= 0.6 is 0 Å². The Morgan fingerprint density at radius 2 is 2.46 bits per heavy atom. The van der Waals surface area contributed by atoms with Gasteiger partial charge >= 0.3 is 5.97 Å². The normalized spacial score (nSPS) is 33.2. The van der Waals surface area contributed by atoms with Gasteiger partial charge in [0.1, 0.15) is 20.1 Å². The molecule has 0 aromatic carbocycles. The third kappa shape index (κ3) is 2.68. The lowest BCUT2D eigenvalue weighted by molar-refractivity contribution is -0.150. The zero-order valence-electron chi connectivity index (χ0n) is 7.60. The van der Waals surface area contributed by atoms with Gasteiger partial charge in [0, 0.05) is 12.4 Å². The summed E-state index contributed by atoms with van der Waals surface area (Å²) in [6.07, 6.45) is -0.127. The van der Waals surface area contributed by atoms with E-state index in [0.29, 0.717) is 6.42 Å². The first-order valence-corrected chi connectivity index (χ1v) is 4.33. The van der Waals surface area contributed by atoms with E-state index < -0.39 is 12.1 Å². The van der Waals surface area contributed by atoms with Crippen molar-refractivity contribution in [3.8, 4) is 0 Å². The second kappa shape index (κ2) is 4.60. The predicted octanol–water partition coefficient (Wildman–Crippen LogP) is -2.40. The van der Waals surface area contributed by atoms with Crippen molar-refractivity contribution < 1.29 is 19.4 Å². The highest BCUT2D eigenvalue weighted by Gasteiger charge is 2.34. The Kier molecular flexibility index (Phi) is 3.71. The fourth-order valence-electron chi connectivity index (χ4n) is 1.42. The minimum atomic E-state index is -0.457. The van der Waals surface area contributed by atoms with Crippen LogP contribution in [0.2, 0.25) is 0 Å². The number of aliphatic hydroxyl groups is 1. The van der Waals surface area contributed by atoms with Crippen molar-refractivity contribution in [1.82, 2.24) is 0 Å². The molecule has 1 fully saturated rings. The summed E-state index contributed by atoms with van der Waals surface area (Å²) in [4.78, 5) is 10.9. The first kappa shape index (κ1) is 10.5. The van der Waals surface area contributed by atoms with Crippen molar-refractivity contribution in [2.75, 3.05) is 13.2 Å². The molecule has 5 nitrogen and oxygen atoms in total. The molecule has 0 aliphatic carbocycles. The molecule has 0 aromatic heterocycles. The molecule has 1 saturated heterocycles. The maximum Gasteiger partial charge on any atom is 0.320 e. The molecule has 1 aliphatic heterocycles. The Labute approximate surface area is 77.6 Å². The van der Waals surface area contributed by atoms with Crippen LogP contribution in [0.25, 0.3) is 0 Å². The topological polar surface area (TPSA) is 81.8 Å². The highest BCUT2D eigenvalue weighted by molar-refractivity contribution is 6.11. The number of hydrogen-bond acceptors (Lipinski definition) is 5. The minimum Gasteiger partial charge on any atom is -0.458 e. The van der Waals surface area contributed by atoms with E-state index in [1.54, 1.807) is 0 Å². The first-order valence-electron chi connectivity index (χ1n) is 4.33. The number of carbonyl (C=O) groups is 1. The summed E-state index contributed by atoms with van der Waals surface area (Å²) in [7, 11) is 1.87. The quantitative estimate of drug-likeness (QED) is 0.380. The van der Waals surface area contributed by atoms with Crippen LogP contribution in [0.3, 0.4) is 0 Å². The number of hydrogen-bond donors (Lipinski definition) is 2. The number of rotatable bonds is 3. The molecule has 0 bridgehead atoms. The van der Waals surface area contributed by atoms with Crippen LogP contribution in [-0.2, 0) is 14.3 Å². The van der Waals surface area contributed by atoms with E-state index in [4.69, 9.17) is 20.3 Å². The van der Waals surface area contributed by atoms with E-state index in [1.807, 2.05) is 7.85 Å². The first-order chi connectivity index (χ1) is 6.17. The lowest BCUT2D eigenvalue weighted by Gasteiger charge is -2.16. The maximum absolute atomic E-state index is 10.9. The second-order valence-electron chi connectivity index (χ2n) is 3.14. The fourth-order valence-corrected chi connectivity index (χ4v) is 1.42. The molecule has 1 aliphatic rings. The molecule has 1 heterocycles. The number of ether oxygens (including phenoxy) is 2. The molecule has 74 valence electrons. The van der Waals surface area contributed by atoms with E-state index >= 15 is 0 Å². The average Bonchev–Trinajstić information content (AvgIpc) is 2.46. The molecule has 0 aromatic rings. The van der Waals surface area contributed by atoms with Crippen molar-refractivity contribution in [3.63, 3.8) is 0 Å². The fraction of sp³-hybridized carbons (Fsp3) is 0.857. The number of esters is 1. The van der Waals surface area contributed by atoms with Crippen molar-refractivity contribution in [1.29, 1.82) is 0 Å². The lowest BCUT2D eigenvalue weighted by Crippen LogP contribution is -2.32. The van der Waals surface area contributed by atoms with Crippen LogP contribution < -0.4 is 5.73 Å². The van der Waals surface area contributed by atoms with Gasteiger partial charge in [-0.05, 0) is 0 Å². The van der Waals surface area contributed by atoms with Crippen LogP contribution in [-0.4, -0.2) is 50.3 Å². The number of aliphatic hydroxyl groups excluding tert-OH is 1.